The number of hydrazine groups is 1. The lowest BCUT2D eigenvalue weighted by atomic mass is 10.1. The second-order valence-corrected chi connectivity index (χ2v) is 3.41. The molecule has 2 nitrogen and oxygen atoms in total. The van der Waals surface area contributed by atoms with Crippen LogP contribution in [0.15, 0.2) is 0 Å². The fraction of sp³-hybridized carbons (Fsp3) is 1.00. The van der Waals surface area contributed by atoms with Gasteiger partial charge in [0, 0.05) is 19.1 Å². The van der Waals surface area contributed by atoms with Crippen LogP contribution >= 0.6 is 0 Å². The summed E-state index contributed by atoms with van der Waals surface area (Å²) < 4.78 is 0. The third-order valence-electron chi connectivity index (χ3n) is 2.01. The van der Waals surface area contributed by atoms with Gasteiger partial charge in [0.1, 0.15) is 0 Å². The highest BCUT2D eigenvalue weighted by atomic mass is 15.5. The van der Waals surface area contributed by atoms with E-state index in [1.54, 1.807) is 0 Å². The summed E-state index contributed by atoms with van der Waals surface area (Å²) >= 11 is 0. The van der Waals surface area contributed by atoms with Crippen molar-refractivity contribution in [3.63, 3.8) is 0 Å². The molecule has 1 aliphatic heterocycles. The molecule has 52 valence electrons. The minimum absolute atomic E-state index is 0.845. The van der Waals surface area contributed by atoms with E-state index < -0.39 is 0 Å². The van der Waals surface area contributed by atoms with Crippen LogP contribution in [0.2, 0.25) is 0 Å². The third kappa shape index (κ3) is 1.25. The largest absolute Gasteiger partial charge is 0.252 e. The molecule has 2 aliphatic rings. The van der Waals surface area contributed by atoms with Crippen molar-refractivity contribution in [2.24, 2.45) is 5.92 Å². The summed E-state index contributed by atoms with van der Waals surface area (Å²) in [5.74, 6) is 0.927. The molecule has 0 bridgehead atoms. The minimum Gasteiger partial charge on any atom is -0.252 e. The van der Waals surface area contributed by atoms with Gasteiger partial charge in [-0.25, -0.2) is 5.01 Å². The quantitative estimate of drug-likeness (QED) is 0.583. The SMILES string of the molecule is CC1CN(NC2CC2)C1. The number of nitrogens with zero attached hydrogens (tertiary/aromatic N) is 1. The summed E-state index contributed by atoms with van der Waals surface area (Å²) in [6.45, 7) is 4.82. The number of hydrogen-bond acceptors (Lipinski definition) is 2. The first-order chi connectivity index (χ1) is 4.34. The third-order valence-corrected chi connectivity index (χ3v) is 2.01. The Kier molecular flexibility index (Phi) is 1.24. The summed E-state index contributed by atoms with van der Waals surface area (Å²) in [6, 6.07) is 0.845. The smallest absolute Gasteiger partial charge is 0.0216 e. The van der Waals surface area contributed by atoms with Crippen molar-refractivity contribution in [2.75, 3.05) is 13.1 Å². The molecule has 0 radical (unpaired) electrons. The Balaban J connectivity index is 1.64. The Morgan fingerprint density at radius 1 is 1.33 bits per heavy atom. The second kappa shape index (κ2) is 1.96. The van der Waals surface area contributed by atoms with Gasteiger partial charge in [0.05, 0.1) is 0 Å². The highest BCUT2D eigenvalue weighted by Crippen LogP contribution is 2.22. The average Bonchev–Trinajstić information content (AvgIpc) is 2.45. The first-order valence-corrected chi connectivity index (χ1v) is 3.86. The summed E-state index contributed by atoms with van der Waals surface area (Å²) in [6.07, 6.45) is 2.79. The molecule has 2 fully saturated rings. The Hall–Kier alpha value is -0.0800. The standard InChI is InChI=1S/C7H14N2/c1-6-4-9(5-6)8-7-2-3-7/h6-8H,2-5H2,1H3. The van der Waals surface area contributed by atoms with E-state index in [0.29, 0.717) is 0 Å². The molecule has 9 heavy (non-hydrogen) atoms. The molecule has 2 rings (SSSR count). The van der Waals surface area contributed by atoms with E-state index >= 15 is 0 Å². The zero-order valence-electron chi connectivity index (χ0n) is 5.93. The lowest BCUT2D eigenvalue weighted by Crippen LogP contribution is -2.53. The minimum atomic E-state index is 0.845. The molecule has 1 N–H and O–H groups in total. The van der Waals surface area contributed by atoms with Gasteiger partial charge in [-0.05, 0) is 18.8 Å². The van der Waals surface area contributed by atoms with Gasteiger partial charge in [-0.15, -0.1) is 0 Å². The van der Waals surface area contributed by atoms with Crippen LogP contribution in [-0.2, 0) is 0 Å². The highest BCUT2D eigenvalue weighted by Gasteiger charge is 2.29. The monoisotopic (exact) mass is 126 g/mol. The van der Waals surface area contributed by atoms with E-state index in [9.17, 15) is 0 Å². The van der Waals surface area contributed by atoms with Crippen molar-refractivity contribution in [1.82, 2.24) is 10.4 Å². The molecule has 2 heteroatoms. The number of nitrogens with one attached hydrogen (secondary N) is 1. The van der Waals surface area contributed by atoms with Crippen LogP contribution in [-0.4, -0.2) is 24.1 Å². The molecule has 0 spiro atoms. The van der Waals surface area contributed by atoms with Crippen molar-refractivity contribution in [3.8, 4) is 0 Å². The van der Waals surface area contributed by atoms with Crippen molar-refractivity contribution in [1.29, 1.82) is 0 Å². The molecule has 1 saturated carbocycles. The Bertz CT molecular complexity index is 103. The van der Waals surface area contributed by atoms with Gasteiger partial charge < -0.3 is 0 Å². The summed E-state index contributed by atoms with van der Waals surface area (Å²) in [7, 11) is 0. The van der Waals surface area contributed by atoms with Crippen LogP contribution in [0.1, 0.15) is 19.8 Å². The van der Waals surface area contributed by atoms with E-state index in [4.69, 9.17) is 0 Å². The normalized spacial score (nSPS) is 30.3. The number of hydrogen-bond donors (Lipinski definition) is 1. The van der Waals surface area contributed by atoms with Gasteiger partial charge in [0.2, 0.25) is 0 Å². The van der Waals surface area contributed by atoms with E-state index in [1.807, 2.05) is 0 Å². The molecule has 0 atom stereocenters. The summed E-state index contributed by atoms with van der Waals surface area (Å²) in [5.41, 5.74) is 3.45. The van der Waals surface area contributed by atoms with Gasteiger partial charge in [0.15, 0.2) is 0 Å². The van der Waals surface area contributed by atoms with Crippen LogP contribution in [0, 0.1) is 5.92 Å². The maximum absolute atomic E-state index is 3.45. The van der Waals surface area contributed by atoms with Crippen LogP contribution in [0.4, 0.5) is 0 Å². The van der Waals surface area contributed by atoms with Gasteiger partial charge in [-0.1, -0.05) is 6.92 Å². The van der Waals surface area contributed by atoms with Crippen LogP contribution < -0.4 is 5.43 Å². The Morgan fingerprint density at radius 3 is 2.44 bits per heavy atom. The van der Waals surface area contributed by atoms with Crippen molar-refractivity contribution in [3.05, 3.63) is 0 Å². The van der Waals surface area contributed by atoms with Gasteiger partial charge >= 0.3 is 0 Å². The summed E-state index contributed by atoms with van der Waals surface area (Å²) in [5, 5.41) is 2.34. The summed E-state index contributed by atoms with van der Waals surface area (Å²) in [4.78, 5) is 0. The molecule has 0 aromatic carbocycles. The van der Waals surface area contributed by atoms with Gasteiger partial charge in [-0.3, -0.25) is 5.43 Å². The molecule has 1 aliphatic carbocycles. The van der Waals surface area contributed by atoms with Crippen molar-refractivity contribution in [2.45, 2.75) is 25.8 Å². The van der Waals surface area contributed by atoms with Gasteiger partial charge in [0.25, 0.3) is 0 Å². The van der Waals surface area contributed by atoms with E-state index in [1.165, 1.54) is 25.9 Å². The fourth-order valence-electron chi connectivity index (χ4n) is 1.28. The Labute approximate surface area is 56.2 Å². The molecular formula is C7H14N2. The lowest BCUT2D eigenvalue weighted by molar-refractivity contribution is 0.0508. The van der Waals surface area contributed by atoms with E-state index in [0.717, 1.165) is 12.0 Å². The molecule has 0 aromatic heterocycles. The fourth-order valence-corrected chi connectivity index (χ4v) is 1.28. The van der Waals surface area contributed by atoms with Gasteiger partial charge in [-0.2, -0.15) is 0 Å². The number of rotatable bonds is 2. The van der Waals surface area contributed by atoms with E-state index in [-0.39, 0.29) is 0 Å². The first kappa shape index (κ1) is 5.69. The highest BCUT2D eigenvalue weighted by molar-refractivity contribution is 4.83. The van der Waals surface area contributed by atoms with Crippen LogP contribution in [0.5, 0.6) is 0 Å². The maximum atomic E-state index is 3.45. The van der Waals surface area contributed by atoms with Crippen LogP contribution in [0.25, 0.3) is 0 Å². The molecule has 0 amide bonds. The maximum Gasteiger partial charge on any atom is 0.0216 e. The van der Waals surface area contributed by atoms with E-state index in [2.05, 4.69) is 17.4 Å². The molecule has 1 heterocycles. The first-order valence-electron chi connectivity index (χ1n) is 3.86. The molecule has 1 saturated heterocycles. The van der Waals surface area contributed by atoms with Crippen molar-refractivity contribution < 1.29 is 0 Å². The Morgan fingerprint density at radius 2 is 2.00 bits per heavy atom. The predicted octanol–water partition coefficient (Wildman–Crippen LogP) is 0.605. The zero-order valence-corrected chi connectivity index (χ0v) is 5.93. The molecule has 0 unspecified atom stereocenters. The average molecular weight is 126 g/mol. The lowest BCUT2D eigenvalue weighted by Gasteiger charge is -2.37. The van der Waals surface area contributed by atoms with Crippen LogP contribution in [0.3, 0.4) is 0 Å². The predicted molar refractivity (Wildman–Crippen MR) is 36.9 cm³/mol. The second-order valence-electron chi connectivity index (χ2n) is 3.41. The molecular weight excluding hydrogens is 112 g/mol. The zero-order chi connectivity index (χ0) is 6.27. The molecule has 0 aromatic rings. The topological polar surface area (TPSA) is 15.3 Å². The van der Waals surface area contributed by atoms with Crippen molar-refractivity contribution >= 4 is 0 Å².